The zero-order valence-corrected chi connectivity index (χ0v) is 12.7. The van der Waals surface area contributed by atoms with Crippen LogP contribution in [-0.4, -0.2) is 41.1 Å². The molecule has 1 unspecified atom stereocenters. The molecule has 0 spiro atoms. The maximum atomic E-state index is 11.7. The molecule has 0 radical (unpaired) electrons. The second-order valence-electron chi connectivity index (χ2n) is 5.11. The molecule has 21 heavy (non-hydrogen) atoms. The Morgan fingerprint density at radius 2 is 2.19 bits per heavy atom. The van der Waals surface area contributed by atoms with E-state index in [0.29, 0.717) is 24.0 Å². The first-order chi connectivity index (χ1) is 10.1. The van der Waals surface area contributed by atoms with Crippen LogP contribution in [0.2, 0.25) is 0 Å². The van der Waals surface area contributed by atoms with Crippen LogP contribution in [-0.2, 0) is 9.59 Å². The molecule has 0 bridgehead atoms. The average molecular weight is 312 g/mol. The van der Waals surface area contributed by atoms with Crippen molar-refractivity contribution in [3.05, 3.63) is 11.8 Å². The molecular formula is C13H20N4O3S. The molecule has 1 saturated carbocycles. The number of hydrogen-bond acceptors (Lipinski definition) is 6. The number of thioether (sulfide) groups is 1. The van der Waals surface area contributed by atoms with Crippen LogP contribution in [0.5, 0.6) is 0 Å². The van der Waals surface area contributed by atoms with Gasteiger partial charge in [-0.3, -0.25) is 9.59 Å². The summed E-state index contributed by atoms with van der Waals surface area (Å²) in [6.45, 7) is 2.21. The molecule has 0 aliphatic heterocycles. The summed E-state index contributed by atoms with van der Waals surface area (Å²) in [6.07, 6.45) is 2.27. The SMILES string of the molecule is Cc1cc(NC(=O)CSCC(=O)NC(CN)C2CC2)no1. The molecule has 7 nitrogen and oxygen atoms in total. The summed E-state index contributed by atoms with van der Waals surface area (Å²) in [5.41, 5.74) is 5.63. The Morgan fingerprint density at radius 1 is 1.48 bits per heavy atom. The van der Waals surface area contributed by atoms with Crippen molar-refractivity contribution in [1.82, 2.24) is 10.5 Å². The predicted molar refractivity (Wildman–Crippen MR) is 80.9 cm³/mol. The Labute approximate surface area is 127 Å². The van der Waals surface area contributed by atoms with Crippen molar-refractivity contribution in [2.24, 2.45) is 11.7 Å². The summed E-state index contributed by atoms with van der Waals surface area (Å²) in [7, 11) is 0. The molecule has 1 fully saturated rings. The minimum Gasteiger partial charge on any atom is -0.360 e. The lowest BCUT2D eigenvalue weighted by Crippen LogP contribution is -2.42. The molecule has 116 valence electrons. The Morgan fingerprint density at radius 3 is 2.76 bits per heavy atom. The highest BCUT2D eigenvalue weighted by atomic mass is 32.2. The number of anilines is 1. The lowest BCUT2D eigenvalue weighted by Gasteiger charge is -2.15. The normalized spacial score (nSPS) is 15.5. The molecule has 8 heteroatoms. The number of aromatic nitrogens is 1. The fourth-order valence-corrected chi connectivity index (χ4v) is 2.59. The number of carbonyl (C=O) groups is 2. The van der Waals surface area contributed by atoms with Crippen molar-refractivity contribution < 1.29 is 14.1 Å². The number of amides is 2. The maximum Gasteiger partial charge on any atom is 0.235 e. The van der Waals surface area contributed by atoms with Crippen molar-refractivity contribution >= 4 is 29.4 Å². The molecule has 0 aromatic carbocycles. The van der Waals surface area contributed by atoms with Crippen molar-refractivity contribution in [3.63, 3.8) is 0 Å². The van der Waals surface area contributed by atoms with E-state index in [0.717, 1.165) is 12.8 Å². The lowest BCUT2D eigenvalue weighted by molar-refractivity contribution is -0.119. The van der Waals surface area contributed by atoms with Gasteiger partial charge in [-0.25, -0.2) is 0 Å². The van der Waals surface area contributed by atoms with E-state index < -0.39 is 0 Å². The van der Waals surface area contributed by atoms with Crippen molar-refractivity contribution in [2.45, 2.75) is 25.8 Å². The van der Waals surface area contributed by atoms with E-state index in [-0.39, 0.29) is 29.4 Å². The molecule has 4 N–H and O–H groups in total. The van der Waals surface area contributed by atoms with E-state index in [1.165, 1.54) is 11.8 Å². The van der Waals surface area contributed by atoms with Crippen LogP contribution in [0.4, 0.5) is 5.82 Å². The molecule has 2 amide bonds. The Bertz CT molecular complexity index is 501. The zero-order chi connectivity index (χ0) is 15.2. The molecule has 0 saturated heterocycles. The molecule has 1 heterocycles. The molecule has 1 aromatic rings. The standard InChI is InChI=1S/C13H20N4O3S/c1-8-4-11(17-20-8)16-13(19)7-21-6-12(18)15-10(5-14)9-2-3-9/h4,9-10H,2-3,5-7,14H2,1H3,(H,15,18)(H,16,17,19). The van der Waals surface area contributed by atoms with Gasteiger partial charge in [0, 0.05) is 18.7 Å². The second-order valence-corrected chi connectivity index (χ2v) is 6.10. The van der Waals surface area contributed by atoms with Crippen LogP contribution >= 0.6 is 11.8 Å². The summed E-state index contributed by atoms with van der Waals surface area (Å²) in [5, 5.41) is 9.18. The summed E-state index contributed by atoms with van der Waals surface area (Å²) in [4.78, 5) is 23.4. The molecular weight excluding hydrogens is 292 g/mol. The van der Waals surface area contributed by atoms with Gasteiger partial charge in [0.2, 0.25) is 11.8 Å². The highest BCUT2D eigenvalue weighted by molar-refractivity contribution is 8.00. The first-order valence-electron chi connectivity index (χ1n) is 6.89. The number of nitrogens with zero attached hydrogens (tertiary/aromatic N) is 1. The van der Waals surface area contributed by atoms with E-state index >= 15 is 0 Å². The number of rotatable bonds is 8. The van der Waals surface area contributed by atoms with Crippen molar-refractivity contribution in [1.29, 1.82) is 0 Å². The second kappa shape index (κ2) is 7.46. The number of nitrogens with two attached hydrogens (primary N) is 1. The van der Waals surface area contributed by atoms with Gasteiger partial charge >= 0.3 is 0 Å². The zero-order valence-electron chi connectivity index (χ0n) is 11.9. The fourth-order valence-electron chi connectivity index (χ4n) is 1.96. The van der Waals surface area contributed by atoms with Crippen molar-refractivity contribution in [2.75, 3.05) is 23.4 Å². The summed E-state index contributed by atoms with van der Waals surface area (Å²) in [5.74, 6) is 1.70. The quantitative estimate of drug-likeness (QED) is 0.645. The Balaban J connectivity index is 1.61. The van der Waals surface area contributed by atoms with Gasteiger partial charge in [0.15, 0.2) is 5.82 Å². The van der Waals surface area contributed by atoms with Crippen LogP contribution < -0.4 is 16.4 Å². The van der Waals surface area contributed by atoms with Gasteiger partial charge < -0.3 is 20.9 Å². The van der Waals surface area contributed by atoms with E-state index in [1.807, 2.05) is 0 Å². The summed E-state index contributed by atoms with van der Waals surface area (Å²) in [6, 6.07) is 1.71. The van der Waals surface area contributed by atoms with Gasteiger partial charge in [0.05, 0.1) is 11.5 Å². The highest BCUT2D eigenvalue weighted by Gasteiger charge is 2.31. The first-order valence-corrected chi connectivity index (χ1v) is 8.04. The highest BCUT2D eigenvalue weighted by Crippen LogP contribution is 2.32. The van der Waals surface area contributed by atoms with Crippen LogP contribution in [0.15, 0.2) is 10.6 Å². The fraction of sp³-hybridized carbons (Fsp3) is 0.615. The van der Waals surface area contributed by atoms with Gasteiger partial charge in [-0.05, 0) is 25.7 Å². The number of aryl methyl sites for hydroxylation is 1. The van der Waals surface area contributed by atoms with Crippen molar-refractivity contribution in [3.8, 4) is 0 Å². The third kappa shape index (κ3) is 5.39. The smallest absolute Gasteiger partial charge is 0.235 e. The number of hydrogen-bond donors (Lipinski definition) is 3. The topological polar surface area (TPSA) is 110 Å². The van der Waals surface area contributed by atoms with Crippen LogP contribution in [0, 0.1) is 12.8 Å². The minimum atomic E-state index is -0.210. The van der Waals surface area contributed by atoms with E-state index in [1.54, 1.807) is 13.0 Å². The van der Waals surface area contributed by atoms with E-state index in [9.17, 15) is 9.59 Å². The van der Waals surface area contributed by atoms with E-state index in [4.69, 9.17) is 10.3 Å². The van der Waals surface area contributed by atoms with Crippen LogP contribution in [0.25, 0.3) is 0 Å². The number of nitrogens with one attached hydrogen (secondary N) is 2. The van der Waals surface area contributed by atoms with Crippen LogP contribution in [0.3, 0.4) is 0 Å². The Hall–Kier alpha value is -1.54. The molecule has 2 rings (SSSR count). The summed E-state index contributed by atoms with van der Waals surface area (Å²) >= 11 is 1.26. The van der Waals surface area contributed by atoms with Gasteiger partial charge in [-0.15, -0.1) is 11.8 Å². The van der Waals surface area contributed by atoms with Gasteiger partial charge in [-0.2, -0.15) is 0 Å². The average Bonchev–Trinajstić information content (AvgIpc) is 3.20. The molecule has 1 aliphatic rings. The monoisotopic (exact) mass is 312 g/mol. The largest absolute Gasteiger partial charge is 0.360 e. The molecule has 1 atom stereocenters. The van der Waals surface area contributed by atoms with E-state index in [2.05, 4.69) is 15.8 Å². The first kappa shape index (κ1) is 15.8. The third-order valence-corrected chi connectivity index (χ3v) is 4.09. The van der Waals surface area contributed by atoms with Gasteiger partial charge in [-0.1, -0.05) is 5.16 Å². The third-order valence-electron chi connectivity index (χ3n) is 3.15. The predicted octanol–water partition coefficient (Wildman–Crippen LogP) is 0.508. The molecule has 1 aromatic heterocycles. The molecule has 1 aliphatic carbocycles. The van der Waals surface area contributed by atoms with Gasteiger partial charge in [0.25, 0.3) is 0 Å². The number of carbonyl (C=O) groups excluding carboxylic acids is 2. The lowest BCUT2D eigenvalue weighted by atomic mass is 10.2. The maximum absolute atomic E-state index is 11.7. The Kier molecular flexibility index (Phi) is 5.63. The minimum absolute atomic E-state index is 0.0741. The van der Waals surface area contributed by atoms with Gasteiger partial charge in [0.1, 0.15) is 5.76 Å². The summed E-state index contributed by atoms with van der Waals surface area (Å²) < 4.78 is 4.84. The van der Waals surface area contributed by atoms with Crippen LogP contribution in [0.1, 0.15) is 18.6 Å².